The lowest BCUT2D eigenvalue weighted by Crippen LogP contribution is -2.14. The smallest absolute Gasteiger partial charge is 0.0780 e. The van der Waals surface area contributed by atoms with Crippen LogP contribution < -0.4 is 0 Å². The summed E-state index contributed by atoms with van der Waals surface area (Å²) in [6.07, 6.45) is 1.96. The van der Waals surface area contributed by atoms with Gasteiger partial charge in [0.25, 0.3) is 0 Å². The van der Waals surface area contributed by atoms with E-state index in [0.29, 0.717) is 0 Å². The Bertz CT molecular complexity index is 1740. The molecule has 1 aliphatic rings. The van der Waals surface area contributed by atoms with Crippen molar-refractivity contribution in [3.8, 4) is 22.4 Å². The third kappa shape index (κ3) is 2.51. The van der Waals surface area contributed by atoms with Crippen molar-refractivity contribution in [1.82, 2.24) is 4.98 Å². The number of benzene rings is 5. The number of pyridine rings is 1. The highest BCUT2D eigenvalue weighted by atomic mass is 14.7. The first-order valence-electron chi connectivity index (χ1n) is 11.6. The maximum atomic E-state index is 4.87. The topological polar surface area (TPSA) is 12.9 Å². The summed E-state index contributed by atoms with van der Waals surface area (Å²) in [4.78, 5) is 4.87. The Morgan fingerprint density at radius 1 is 0.545 bits per heavy atom. The van der Waals surface area contributed by atoms with Gasteiger partial charge in [-0.2, -0.15) is 0 Å². The number of rotatable bonds is 1. The minimum Gasteiger partial charge on any atom is -0.256 e. The van der Waals surface area contributed by atoms with E-state index < -0.39 is 0 Å². The number of hydrogen-bond acceptors (Lipinski definition) is 1. The van der Waals surface area contributed by atoms with Crippen LogP contribution in [0.1, 0.15) is 25.0 Å². The minimum atomic E-state index is -0.0157. The lowest BCUT2D eigenvalue weighted by Gasteiger charge is -2.22. The van der Waals surface area contributed by atoms with E-state index in [1.165, 1.54) is 60.1 Å². The fourth-order valence-corrected chi connectivity index (χ4v) is 5.84. The summed E-state index contributed by atoms with van der Waals surface area (Å²) in [5.74, 6) is 0. The molecular weight excluding hydrogens is 398 g/mol. The summed E-state index contributed by atoms with van der Waals surface area (Å²) < 4.78 is 0. The molecular formula is C32H23N. The Morgan fingerprint density at radius 3 is 2.18 bits per heavy atom. The number of hydrogen-bond donors (Lipinski definition) is 0. The van der Waals surface area contributed by atoms with E-state index >= 15 is 0 Å². The molecule has 33 heavy (non-hydrogen) atoms. The van der Waals surface area contributed by atoms with Crippen LogP contribution in [-0.4, -0.2) is 4.98 Å². The zero-order chi connectivity index (χ0) is 22.2. The van der Waals surface area contributed by atoms with E-state index in [2.05, 4.69) is 111 Å². The van der Waals surface area contributed by atoms with Gasteiger partial charge in [-0.15, -0.1) is 0 Å². The second-order valence-electron chi connectivity index (χ2n) is 9.63. The molecule has 0 saturated carbocycles. The summed E-state index contributed by atoms with van der Waals surface area (Å²) >= 11 is 0. The summed E-state index contributed by atoms with van der Waals surface area (Å²) in [7, 11) is 0. The van der Waals surface area contributed by atoms with Crippen molar-refractivity contribution in [2.24, 2.45) is 0 Å². The molecule has 0 spiro atoms. The van der Waals surface area contributed by atoms with Gasteiger partial charge in [-0.25, -0.2) is 0 Å². The Morgan fingerprint density at radius 2 is 1.24 bits per heavy atom. The van der Waals surface area contributed by atoms with Crippen LogP contribution in [0, 0.1) is 0 Å². The monoisotopic (exact) mass is 421 g/mol. The summed E-state index contributed by atoms with van der Waals surface area (Å²) in [6.45, 7) is 4.66. The average molecular weight is 422 g/mol. The molecule has 1 aromatic heterocycles. The van der Waals surface area contributed by atoms with Crippen molar-refractivity contribution >= 4 is 32.3 Å². The molecule has 0 fully saturated rings. The molecule has 0 saturated heterocycles. The highest BCUT2D eigenvalue weighted by Gasteiger charge is 2.35. The van der Waals surface area contributed by atoms with Crippen LogP contribution in [0.4, 0.5) is 0 Å². The van der Waals surface area contributed by atoms with Crippen LogP contribution in [0.5, 0.6) is 0 Å². The largest absolute Gasteiger partial charge is 0.256 e. The Labute approximate surface area is 193 Å². The van der Waals surface area contributed by atoms with Crippen molar-refractivity contribution in [1.29, 1.82) is 0 Å². The van der Waals surface area contributed by atoms with Gasteiger partial charge in [-0.3, -0.25) is 4.98 Å². The van der Waals surface area contributed by atoms with Gasteiger partial charge in [0.2, 0.25) is 0 Å². The molecule has 156 valence electrons. The van der Waals surface area contributed by atoms with Crippen LogP contribution in [0.2, 0.25) is 0 Å². The molecule has 7 rings (SSSR count). The van der Waals surface area contributed by atoms with E-state index in [0.717, 1.165) is 5.69 Å². The maximum absolute atomic E-state index is 4.87. The molecule has 0 amide bonds. The van der Waals surface area contributed by atoms with Crippen molar-refractivity contribution < 1.29 is 0 Å². The fraction of sp³-hybridized carbons (Fsp3) is 0.0938. The van der Waals surface area contributed by atoms with Gasteiger partial charge < -0.3 is 0 Å². The molecule has 6 aromatic rings. The Hall–Kier alpha value is -3.97. The first-order valence-corrected chi connectivity index (χ1v) is 11.6. The highest BCUT2D eigenvalue weighted by Crippen LogP contribution is 2.49. The number of aromatic nitrogens is 1. The predicted octanol–water partition coefficient (Wildman–Crippen LogP) is 8.51. The molecule has 0 N–H and O–H groups in total. The average Bonchev–Trinajstić information content (AvgIpc) is 3.09. The van der Waals surface area contributed by atoms with Crippen LogP contribution in [-0.2, 0) is 5.41 Å². The third-order valence-electron chi connectivity index (χ3n) is 7.52. The van der Waals surface area contributed by atoms with Crippen molar-refractivity contribution in [3.63, 3.8) is 0 Å². The normalized spacial score (nSPS) is 14.0. The fourth-order valence-electron chi connectivity index (χ4n) is 5.84. The first kappa shape index (κ1) is 18.6. The zero-order valence-corrected chi connectivity index (χ0v) is 18.8. The zero-order valence-electron chi connectivity index (χ0n) is 18.8. The third-order valence-corrected chi connectivity index (χ3v) is 7.52. The SMILES string of the molecule is CC1(C)c2ccccc2-c2ccc(-c3nccc4c3ccc3c5ccccc5ccc43)cc21. The first-order chi connectivity index (χ1) is 16.1. The van der Waals surface area contributed by atoms with E-state index in [-0.39, 0.29) is 5.41 Å². The molecule has 0 aliphatic heterocycles. The summed E-state index contributed by atoms with van der Waals surface area (Å²) in [5, 5.41) is 7.61. The van der Waals surface area contributed by atoms with E-state index in [1.54, 1.807) is 0 Å². The predicted molar refractivity (Wildman–Crippen MR) is 140 cm³/mol. The quantitative estimate of drug-likeness (QED) is 0.242. The molecule has 1 heteroatoms. The summed E-state index contributed by atoms with van der Waals surface area (Å²) in [5.41, 5.74) is 7.70. The van der Waals surface area contributed by atoms with Gasteiger partial charge in [0.1, 0.15) is 0 Å². The van der Waals surface area contributed by atoms with E-state index in [1.807, 2.05) is 6.20 Å². The second kappa shape index (κ2) is 6.52. The Balaban J connectivity index is 1.47. The minimum absolute atomic E-state index is 0.0157. The molecule has 5 aromatic carbocycles. The van der Waals surface area contributed by atoms with Gasteiger partial charge in [-0.1, -0.05) is 98.8 Å². The molecule has 1 aliphatic carbocycles. The van der Waals surface area contributed by atoms with Gasteiger partial charge in [0.05, 0.1) is 5.69 Å². The highest BCUT2D eigenvalue weighted by molar-refractivity contribution is 6.18. The summed E-state index contributed by atoms with van der Waals surface area (Å²) in [6, 6.07) is 35.5. The van der Waals surface area contributed by atoms with Gasteiger partial charge >= 0.3 is 0 Å². The van der Waals surface area contributed by atoms with Crippen LogP contribution in [0.25, 0.3) is 54.7 Å². The molecule has 1 heterocycles. The molecule has 1 nitrogen and oxygen atoms in total. The van der Waals surface area contributed by atoms with Gasteiger partial charge in [0.15, 0.2) is 0 Å². The maximum Gasteiger partial charge on any atom is 0.0780 e. The van der Waals surface area contributed by atoms with Crippen LogP contribution in [0.15, 0.2) is 103 Å². The van der Waals surface area contributed by atoms with Gasteiger partial charge in [0, 0.05) is 22.6 Å². The lowest BCUT2D eigenvalue weighted by atomic mass is 9.81. The number of nitrogens with zero attached hydrogens (tertiary/aromatic N) is 1. The molecule has 0 radical (unpaired) electrons. The van der Waals surface area contributed by atoms with Crippen molar-refractivity contribution in [2.45, 2.75) is 19.3 Å². The van der Waals surface area contributed by atoms with Gasteiger partial charge in [-0.05, 0) is 61.3 Å². The standard InChI is InChI=1S/C32H23N/c1-32(2)29-10-6-5-9-26(29)27-14-12-21(19-30(27)32)31-28-16-15-23-22-8-4-3-7-20(22)11-13-24(23)25(28)17-18-33-31/h3-19H,1-2H3. The lowest BCUT2D eigenvalue weighted by molar-refractivity contribution is 0.660. The molecule has 0 unspecified atom stereocenters. The van der Waals surface area contributed by atoms with E-state index in [9.17, 15) is 0 Å². The molecule has 0 bridgehead atoms. The molecule has 0 atom stereocenters. The second-order valence-corrected chi connectivity index (χ2v) is 9.63. The van der Waals surface area contributed by atoms with Crippen molar-refractivity contribution in [2.75, 3.05) is 0 Å². The van der Waals surface area contributed by atoms with Crippen LogP contribution >= 0.6 is 0 Å². The Kier molecular flexibility index (Phi) is 3.67. The van der Waals surface area contributed by atoms with Crippen LogP contribution in [0.3, 0.4) is 0 Å². The van der Waals surface area contributed by atoms with E-state index in [4.69, 9.17) is 4.98 Å². The van der Waals surface area contributed by atoms with Crippen molar-refractivity contribution in [3.05, 3.63) is 114 Å². The number of fused-ring (bicyclic) bond motifs is 8.